The Bertz CT molecular complexity index is 802. The Labute approximate surface area is 131 Å². The number of fused-ring (bicyclic) bond motifs is 1. The number of rotatable bonds is 3. The number of aromatic nitrogens is 1. The first-order valence-electron chi connectivity index (χ1n) is 6.70. The van der Waals surface area contributed by atoms with E-state index >= 15 is 0 Å². The van der Waals surface area contributed by atoms with Gasteiger partial charge < -0.3 is 10.5 Å². The average Bonchev–Trinajstić information content (AvgIpc) is 2.49. The first-order valence-corrected chi connectivity index (χ1v) is 7.49. The standard InChI is InChI=1S/C17H15BrN2O/c1-11-8-12-4-2-3-5-15(12)20-17(11)21-16-7-6-14(18)9-13(16)10-19/h2-9H,10,19H2,1H3. The lowest BCUT2D eigenvalue weighted by Crippen LogP contribution is -2.01. The highest BCUT2D eigenvalue weighted by Gasteiger charge is 2.09. The van der Waals surface area contributed by atoms with Crippen molar-refractivity contribution in [2.45, 2.75) is 13.5 Å². The van der Waals surface area contributed by atoms with Crippen LogP contribution in [0.1, 0.15) is 11.1 Å². The largest absolute Gasteiger partial charge is 0.438 e. The van der Waals surface area contributed by atoms with Gasteiger partial charge in [-0.05, 0) is 37.3 Å². The van der Waals surface area contributed by atoms with Gasteiger partial charge in [-0.3, -0.25) is 0 Å². The van der Waals surface area contributed by atoms with Crippen molar-refractivity contribution < 1.29 is 4.74 Å². The zero-order valence-electron chi connectivity index (χ0n) is 11.6. The van der Waals surface area contributed by atoms with Crippen LogP contribution in [0.25, 0.3) is 10.9 Å². The molecule has 2 aromatic carbocycles. The van der Waals surface area contributed by atoms with Crippen LogP contribution in [-0.2, 0) is 6.54 Å². The highest BCUT2D eigenvalue weighted by atomic mass is 79.9. The molecule has 3 nitrogen and oxygen atoms in total. The minimum absolute atomic E-state index is 0.418. The molecule has 21 heavy (non-hydrogen) atoms. The molecule has 0 aliphatic rings. The Morgan fingerprint density at radius 3 is 2.76 bits per heavy atom. The summed E-state index contributed by atoms with van der Waals surface area (Å²) in [5.74, 6) is 1.36. The molecule has 106 valence electrons. The monoisotopic (exact) mass is 342 g/mol. The number of aryl methyl sites for hydroxylation is 1. The van der Waals surface area contributed by atoms with Crippen LogP contribution in [0.4, 0.5) is 0 Å². The third-order valence-electron chi connectivity index (χ3n) is 3.32. The van der Waals surface area contributed by atoms with E-state index in [1.165, 1.54) is 0 Å². The number of para-hydroxylation sites is 1. The summed E-state index contributed by atoms with van der Waals surface area (Å²) in [6, 6.07) is 15.9. The fourth-order valence-electron chi connectivity index (χ4n) is 2.22. The van der Waals surface area contributed by atoms with Crippen molar-refractivity contribution in [1.82, 2.24) is 4.98 Å². The smallest absolute Gasteiger partial charge is 0.222 e. The second-order valence-corrected chi connectivity index (χ2v) is 5.78. The second-order valence-electron chi connectivity index (χ2n) is 4.86. The van der Waals surface area contributed by atoms with Gasteiger partial charge in [-0.2, -0.15) is 0 Å². The number of hydrogen-bond acceptors (Lipinski definition) is 3. The van der Waals surface area contributed by atoms with Gasteiger partial charge in [0.15, 0.2) is 0 Å². The van der Waals surface area contributed by atoms with Crippen molar-refractivity contribution in [3.05, 3.63) is 64.1 Å². The third kappa shape index (κ3) is 2.91. The van der Waals surface area contributed by atoms with Crippen molar-refractivity contribution >= 4 is 26.8 Å². The lowest BCUT2D eigenvalue weighted by Gasteiger charge is -2.12. The van der Waals surface area contributed by atoms with Crippen LogP contribution in [0.2, 0.25) is 0 Å². The van der Waals surface area contributed by atoms with Crippen LogP contribution >= 0.6 is 15.9 Å². The van der Waals surface area contributed by atoms with E-state index < -0.39 is 0 Å². The van der Waals surface area contributed by atoms with Crippen LogP contribution in [0, 0.1) is 6.92 Å². The number of halogens is 1. The molecule has 0 bridgehead atoms. The first kappa shape index (κ1) is 14.0. The van der Waals surface area contributed by atoms with E-state index in [0.29, 0.717) is 12.4 Å². The topological polar surface area (TPSA) is 48.1 Å². The molecule has 0 amide bonds. The summed E-state index contributed by atoms with van der Waals surface area (Å²) < 4.78 is 6.97. The Kier molecular flexibility index (Phi) is 3.90. The quantitative estimate of drug-likeness (QED) is 0.759. The molecule has 0 spiro atoms. The molecule has 0 saturated heterocycles. The van der Waals surface area contributed by atoms with Crippen molar-refractivity contribution in [3.63, 3.8) is 0 Å². The molecule has 0 saturated carbocycles. The number of ether oxygens (including phenoxy) is 1. The van der Waals surface area contributed by atoms with Crippen LogP contribution in [0.3, 0.4) is 0 Å². The lowest BCUT2D eigenvalue weighted by atomic mass is 10.1. The summed E-state index contributed by atoms with van der Waals surface area (Å²) in [6.45, 7) is 2.41. The van der Waals surface area contributed by atoms with Crippen LogP contribution in [-0.4, -0.2) is 4.98 Å². The van der Waals surface area contributed by atoms with Gasteiger partial charge in [-0.25, -0.2) is 4.98 Å². The van der Waals surface area contributed by atoms with E-state index in [1.807, 2.05) is 49.4 Å². The third-order valence-corrected chi connectivity index (χ3v) is 3.81. The average molecular weight is 343 g/mol. The van der Waals surface area contributed by atoms with E-state index in [4.69, 9.17) is 10.5 Å². The summed E-state index contributed by atoms with van der Waals surface area (Å²) in [7, 11) is 0. The molecule has 4 heteroatoms. The molecule has 2 N–H and O–H groups in total. The van der Waals surface area contributed by atoms with E-state index in [0.717, 1.165) is 32.3 Å². The number of hydrogen-bond donors (Lipinski definition) is 1. The molecule has 1 aromatic heterocycles. The maximum absolute atomic E-state index is 5.98. The molecule has 0 atom stereocenters. The highest BCUT2D eigenvalue weighted by molar-refractivity contribution is 9.10. The molecule has 1 heterocycles. The number of nitrogens with two attached hydrogens (primary N) is 1. The summed E-state index contributed by atoms with van der Waals surface area (Å²) >= 11 is 3.44. The minimum Gasteiger partial charge on any atom is -0.438 e. The Morgan fingerprint density at radius 2 is 1.95 bits per heavy atom. The predicted molar refractivity (Wildman–Crippen MR) is 88.6 cm³/mol. The summed E-state index contributed by atoms with van der Waals surface area (Å²) in [5, 5.41) is 1.11. The van der Waals surface area contributed by atoms with E-state index in [1.54, 1.807) is 0 Å². The first-order chi connectivity index (χ1) is 10.2. The van der Waals surface area contributed by atoms with Gasteiger partial charge in [-0.1, -0.05) is 34.1 Å². The Hall–Kier alpha value is -1.91. The summed E-state index contributed by atoms with van der Waals surface area (Å²) in [6.07, 6.45) is 0. The summed E-state index contributed by atoms with van der Waals surface area (Å²) in [5.41, 5.74) is 8.64. The van der Waals surface area contributed by atoms with Crippen molar-refractivity contribution in [3.8, 4) is 11.6 Å². The zero-order chi connectivity index (χ0) is 14.8. The molecule has 3 aromatic rings. The normalized spacial score (nSPS) is 10.8. The van der Waals surface area contributed by atoms with Crippen LogP contribution in [0.5, 0.6) is 11.6 Å². The van der Waals surface area contributed by atoms with Gasteiger partial charge in [0.2, 0.25) is 5.88 Å². The van der Waals surface area contributed by atoms with Crippen molar-refractivity contribution in [1.29, 1.82) is 0 Å². The fraction of sp³-hybridized carbons (Fsp3) is 0.118. The molecule has 0 aliphatic heterocycles. The zero-order valence-corrected chi connectivity index (χ0v) is 13.2. The Morgan fingerprint density at radius 1 is 1.14 bits per heavy atom. The molecule has 0 radical (unpaired) electrons. The summed E-state index contributed by atoms with van der Waals surface area (Å²) in [4.78, 5) is 4.59. The van der Waals surface area contributed by atoms with Crippen molar-refractivity contribution in [2.75, 3.05) is 0 Å². The lowest BCUT2D eigenvalue weighted by molar-refractivity contribution is 0.455. The van der Waals surface area contributed by atoms with E-state index in [9.17, 15) is 0 Å². The second kappa shape index (κ2) is 5.84. The van der Waals surface area contributed by atoms with Gasteiger partial charge in [-0.15, -0.1) is 0 Å². The number of benzene rings is 2. The maximum atomic E-state index is 5.98. The molecular weight excluding hydrogens is 328 g/mol. The van der Waals surface area contributed by atoms with Crippen molar-refractivity contribution in [2.24, 2.45) is 5.73 Å². The van der Waals surface area contributed by atoms with Gasteiger partial charge >= 0.3 is 0 Å². The van der Waals surface area contributed by atoms with Gasteiger partial charge in [0, 0.05) is 27.5 Å². The molecular formula is C17H15BrN2O. The molecule has 0 fully saturated rings. The molecule has 0 aliphatic carbocycles. The SMILES string of the molecule is Cc1cc2ccccc2nc1Oc1ccc(Br)cc1CN. The van der Waals surface area contributed by atoms with Gasteiger partial charge in [0.05, 0.1) is 5.52 Å². The fourth-order valence-corrected chi connectivity index (χ4v) is 2.63. The van der Waals surface area contributed by atoms with Crippen LogP contribution in [0.15, 0.2) is 53.0 Å². The van der Waals surface area contributed by atoms with Crippen LogP contribution < -0.4 is 10.5 Å². The van der Waals surface area contributed by atoms with E-state index in [-0.39, 0.29) is 0 Å². The maximum Gasteiger partial charge on any atom is 0.222 e. The van der Waals surface area contributed by atoms with E-state index in [2.05, 4.69) is 27.0 Å². The number of nitrogens with zero attached hydrogens (tertiary/aromatic N) is 1. The molecule has 0 unspecified atom stereocenters. The minimum atomic E-state index is 0.418. The highest BCUT2D eigenvalue weighted by Crippen LogP contribution is 2.30. The number of pyridine rings is 1. The van der Waals surface area contributed by atoms with Gasteiger partial charge in [0.1, 0.15) is 5.75 Å². The van der Waals surface area contributed by atoms with Gasteiger partial charge in [0.25, 0.3) is 0 Å². The predicted octanol–water partition coefficient (Wildman–Crippen LogP) is 4.56. The Balaban J connectivity index is 2.03. The molecule has 3 rings (SSSR count).